The third kappa shape index (κ3) is 2.40. The first-order valence-electron chi connectivity index (χ1n) is 6.42. The molecule has 0 radical (unpaired) electrons. The molecule has 3 heteroatoms. The Labute approximate surface area is 112 Å². The quantitative estimate of drug-likeness (QED) is 0.764. The van der Waals surface area contributed by atoms with E-state index in [1.54, 1.807) is 6.33 Å². The smallest absolute Gasteiger partial charge is 0.141 e. The van der Waals surface area contributed by atoms with E-state index in [0.29, 0.717) is 0 Å². The van der Waals surface area contributed by atoms with Gasteiger partial charge in [-0.2, -0.15) is 0 Å². The number of nitrogens with one attached hydrogen (secondary N) is 1. The van der Waals surface area contributed by atoms with Crippen LogP contribution in [0.1, 0.15) is 12.5 Å². The minimum Gasteiger partial charge on any atom is -0.340 e. The summed E-state index contributed by atoms with van der Waals surface area (Å²) in [6.45, 7) is 2.15. The number of hydrogen-bond donors (Lipinski definition) is 1. The molecule has 0 amide bonds. The summed E-state index contributed by atoms with van der Waals surface area (Å²) in [7, 11) is 0. The van der Waals surface area contributed by atoms with Crippen molar-refractivity contribution < 1.29 is 0 Å². The van der Waals surface area contributed by atoms with Crippen molar-refractivity contribution in [1.29, 1.82) is 0 Å². The number of aryl methyl sites for hydroxylation is 1. The molecular formula is C16H15N3. The molecule has 1 aromatic heterocycles. The van der Waals surface area contributed by atoms with Gasteiger partial charge in [0.2, 0.25) is 0 Å². The summed E-state index contributed by atoms with van der Waals surface area (Å²) in [5.41, 5.74) is 3.32. The molecule has 0 fully saturated rings. The topological polar surface area (TPSA) is 37.8 Å². The average Bonchev–Trinajstić information content (AvgIpc) is 2.48. The lowest BCUT2D eigenvalue weighted by molar-refractivity contribution is 1.14. The van der Waals surface area contributed by atoms with Crippen LogP contribution in [0.2, 0.25) is 0 Å². The summed E-state index contributed by atoms with van der Waals surface area (Å²) in [5, 5.41) is 4.40. The zero-order valence-electron chi connectivity index (χ0n) is 10.8. The van der Waals surface area contributed by atoms with Crippen molar-refractivity contribution in [3.63, 3.8) is 0 Å². The lowest BCUT2D eigenvalue weighted by Gasteiger charge is -2.09. The van der Waals surface area contributed by atoms with Gasteiger partial charge in [0, 0.05) is 11.1 Å². The van der Waals surface area contributed by atoms with E-state index in [2.05, 4.69) is 46.5 Å². The highest BCUT2D eigenvalue weighted by molar-refractivity contribution is 5.90. The Hall–Kier alpha value is -2.42. The van der Waals surface area contributed by atoms with Gasteiger partial charge in [0.1, 0.15) is 12.1 Å². The van der Waals surface area contributed by atoms with Crippen molar-refractivity contribution in [2.24, 2.45) is 0 Å². The molecular weight excluding hydrogens is 234 g/mol. The molecule has 0 atom stereocenters. The monoisotopic (exact) mass is 249 g/mol. The Bertz CT molecular complexity index is 702. The zero-order valence-corrected chi connectivity index (χ0v) is 10.8. The predicted octanol–water partition coefficient (Wildman–Crippen LogP) is 3.94. The lowest BCUT2D eigenvalue weighted by Crippen LogP contribution is -1.96. The molecule has 19 heavy (non-hydrogen) atoms. The van der Waals surface area contributed by atoms with E-state index in [9.17, 15) is 0 Å². The van der Waals surface area contributed by atoms with Crippen LogP contribution in [-0.2, 0) is 6.42 Å². The summed E-state index contributed by atoms with van der Waals surface area (Å²) in [4.78, 5) is 8.60. The van der Waals surface area contributed by atoms with E-state index in [1.165, 1.54) is 5.56 Å². The Balaban J connectivity index is 2.01. The van der Waals surface area contributed by atoms with Crippen LogP contribution in [-0.4, -0.2) is 9.97 Å². The van der Waals surface area contributed by atoms with Crippen molar-refractivity contribution >= 4 is 22.4 Å². The maximum absolute atomic E-state index is 4.34. The maximum Gasteiger partial charge on any atom is 0.141 e. The highest BCUT2D eigenvalue weighted by Crippen LogP contribution is 2.23. The second-order valence-electron chi connectivity index (χ2n) is 4.42. The molecule has 2 aromatic carbocycles. The van der Waals surface area contributed by atoms with E-state index < -0.39 is 0 Å². The third-order valence-corrected chi connectivity index (χ3v) is 3.14. The molecule has 0 saturated heterocycles. The van der Waals surface area contributed by atoms with Gasteiger partial charge in [-0.05, 0) is 36.2 Å². The van der Waals surface area contributed by atoms with Gasteiger partial charge < -0.3 is 5.32 Å². The SMILES string of the molecule is CCc1cccc(Nc2ncnc3ccccc23)c1. The number of anilines is 2. The Kier molecular flexibility index (Phi) is 3.11. The van der Waals surface area contributed by atoms with Gasteiger partial charge in [0.15, 0.2) is 0 Å². The van der Waals surface area contributed by atoms with Crippen molar-refractivity contribution in [3.05, 3.63) is 60.4 Å². The van der Waals surface area contributed by atoms with Crippen LogP contribution in [0.4, 0.5) is 11.5 Å². The van der Waals surface area contributed by atoms with Crippen LogP contribution in [0.25, 0.3) is 10.9 Å². The third-order valence-electron chi connectivity index (χ3n) is 3.14. The molecule has 0 aliphatic rings. The number of fused-ring (bicyclic) bond motifs is 1. The van der Waals surface area contributed by atoms with Crippen LogP contribution in [0.5, 0.6) is 0 Å². The fourth-order valence-electron chi connectivity index (χ4n) is 2.11. The highest BCUT2D eigenvalue weighted by atomic mass is 15.0. The Morgan fingerprint density at radius 2 is 1.89 bits per heavy atom. The molecule has 3 nitrogen and oxygen atoms in total. The number of benzene rings is 2. The van der Waals surface area contributed by atoms with Crippen LogP contribution < -0.4 is 5.32 Å². The van der Waals surface area contributed by atoms with Crippen LogP contribution in [0.3, 0.4) is 0 Å². The minimum absolute atomic E-state index is 0.846. The Morgan fingerprint density at radius 1 is 1.00 bits per heavy atom. The zero-order chi connectivity index (χ0) is 13.1. The van der Waals surface area contributed by atoms with Gasteiger partial charge >= 0.3 is 0 Å². The van der Waals surface area contributed by atoms with Gasteiger partial charge in [-0.25, -0.2) is 9.97 Å². The fraction of sp³-hybridized carbons (Fsp3) is 0.125. The van der Waals surface area contributed by atoms with Gasteiger partial charge in [0.25, 0.3) is 0 Å². The van der Waals surface area contributed by atoms with Crippen molar-refractivity contribution in [3.8, 4) is 0 Å². The molecule has 94 valence electrons. The summed E-state index contributed by atoms with van der Waals surface area (Å²) in [5.74, 6) is 0.846. The average molecular weight is 249 g/mol. The van der Waals surface area contributed by atoms with E-state index >= 15 is 0 Å². The van der Waals surface area contributed by atoms with Crippen molar-refractivity contribution in [2.75, 3.05) is 5.32 Å². The van der Waals surface area contributed by atoms with Gasteiger partial charge in [0.05, 0.1) is 5.52 Å². The molecule has 0 spiro atoms. The summed E-state index contributed by atoms with van der Waals surface area (Å²) >= 11 is 0. The number of nitrogens with zero attached hydrogens (tertiary/aromatic N) is 2. The standard InChI is InChI=1S/C16H15N3/c1-2-12-6-5-7-13(10-12)19-16-14-8-3-4-9-15(14)17-11-18-16/h3-11H,2H2,1H3,(H,17,18,19). The second-order valence-corrected chi connectivity index (χ2v) is 4.42. The van der Waals surface area contributed by atoms with Crippen LogP contribution >= 0.6 is 0 Å². The van der Waals surface area contributed by atoms with Crippen LogP contribution in [0.15, 0.2) is 54.9 Å². The second kappa shape index (κ2) is 5.06. The molecule has 1 N–H and O–H groups in total. The molecule has 0 saturated carbocycles. The predicted molar refractivity (Wildman–Crippen MR) is 78.6 cm³/mol. The minimum atomic E-state index is 0.846. The first-order chi connectivity index (χ1) is 9.36. The molecule has 1 heterocycles. The molecule has 3 aromatic rings. The van der Waals surface area contributed by atoms with E-state index in [-0.39, 0.29) is 0 Å². The number of aromatic nitrogens is 2. The van der Waals surface area contributed by atoms with Crippen molar-refractivity contribution in [2.45, 2.75) is 13.3 Å². The molecule has 3 rings (SSSR count). The molecule has 0 aliphatic heterocycles. The normalized spacial score (nSPS) is 10.6. The fourth-order valence-corrected chi connectivity index (χ4v) is 2.11. The number of para-hydroxylation sites is 1. The summed E-state index contributed by atoms with van der Waals surface area (Å²) < 4.78 is 0. The van der Waals surface area contributed by atoms with Gasteiger partial charge in [-0.15, -0.1) is 0 Å². The summed E-state index contributed by atoms with van der Waals surface area (Å²) in [6, 6.07) is 16.4. The van der Waals surface area contributed by atoms with Crippen LogP contribution in [0, 0.1) is 0 Å². The molecule has 0 aliphatic carbocycles. The highest BCUT2D eigenvalue weighted by Gasteiger charge is 2.03. The Morgan fingerprint density at radius 3 is 2.79 bits per heavy atom. The van der Waals surface area contributed by atoms with Crippen molar-refractivity contribution in [1.82, 2.24) is 9.97 Å². The number of hydrogen-bond acceptors (Lipinski definition) is 3. The van der Waals surface area contributed by atoms with E-state index in [0.717, 1.165) is 28.8 Å². The van der Waals surface area contributed by atoms with Gasteiger partial charge in [-0.1, -0.05) is 31.2 Å². The largest absolute Gasteiger partial charge is 0.340 e. The van der Waals surface area contributed by atoms with Gasteiger partial charge in [-0.3, -0.25) is 0 Å². The lowest BCUT2D eigenvalue weighted by atomic mass is 10.1. The number of rotatable bonds is 3. The first kappa shape index (κ1) is 11.7. The molecule has 0 bridgehead atoms. The first-order valence-corrected chi connectivity index (χ1v) is 6.42. The summed E-state index contributed by atoms with van der Waals surface area (Å²) in [6.07, 6.45) is 2.62. The van der Waals surface area contributed by atoms with E-state index in [1.807, 2.05) is 24.3 Å². The maximum atomic E-state index is 4.34. The molecule has 0 unspecified atom stereocenters. The van der Waals surface area contributed by atoms with E-state index in [4.69, 9.17) is 0 Å².